The maximum Gasteiger partial charge on any atom is 0.154 e. The van der Waals surface area contributed by atoms with E-state index in [0.717, 1.165) is 17.7 Å². The molecule has 4 nitrogen and oxygen atoms in total. The maximum absolute atomic E-state index is 9.62. The SMILES string of the molecule is Cc1nsc(/C=N/[O-])n1. The molecule has 0 N–H and O–H groups in total. The van der Waals surface area contributed by atoms with Crippen LogP contribution in [0.2, 0.25) is 0 Å². The average Bonchev–Trinajstić information content (AvgIpc) is 2.17. The van der Waals surface area contributed by atoms with Gasteiger partial charge in [0, 0.05) is 0 Å². The van der Waals surface area contributed by atoms with Crippen LogP contribution in [0.3, 0.4) is 0 Å². The smallest absolute Gasteiger partial charge is 0.154 e. The number of nitrogens with zero attached hydrogens (tertiary/aromatic N) is 3. The molecule has 1 heterocycles. The number of hydrogen-bond donors (Lipinski definition) is 0. The molecule has 1 aromatic rings. The van der Waals surface area contributed by atoms with Crippen LogP contribution < -0.4 is 0 Å². The first-order chi connectivity index (χ1) is 4.33. The first kappa shape index (κ1) is 6.15. The van der Waals surface area contributed by atoms with E-state index < -0.39 is 0 Å². The van der Waals surface area contributed by atoms with Crippen molar-refractivity contribution in [3.05, 3.63) is 16.0 Å². The number of aryl methyl sites for hydroxylation is 1. The molecular weight excluding hydrogens is 138 g/mol. The molecule has 0 atom stereocenters. The Labute approximate surface area is 56.0 Å². The van der Waals surface area contributed by atoms with Gasteiger partial charge in [-0.25, -0.2) is 4.98 Å². The summed E-state index contributed by atoms with van der Waals surface area (Å²) in [6, 6.07) is 0. The summed E-state index contributed by atoms with van der Waals surface area (Å²) >= 11 is 1.16. The van der Waals surface area contributed by atoms with E-state index in [4.69, 9.17) is 0 Å². The summed E-state index contributed by atoms with van der Waals surface area (Å²) in [4.78, 5) is 3.86. The molecule has 0 radical (unpaired) electrons. The van der Waals surface area contributed by atoms with Crippen molar-refractivity contribution >= 4 is 17.7 Å². The van der Waals surface area contributed by atoms with Gasteiger partial charge in [0.1, 0.15) is 5.82 Å². The standard InChI is InChI=1S/C4H5N3OS/c1-3-6-4(2-5-8)9-7-3/h2,8H,1H3/p-1/b5-2+. The predicted octanol–water partition coefficient (Wildman–Crippen LogP) is 0.763. The predicted molar refractivity (Wildman–Crippen MR) is 35.6 cm³/mol. The van der Waals surface area contributed by atoms with Gasteiger partial charge >= 0.3 is 0 Å². The first-order valence-electron chi connectivity index (χ1n) is 2.29. The van der Waals surface area contributed by atoms with Crippen LogP contribution in [0.5, 0.6) is 0 Å². The Morgan fingerprint density at radius 2 is 2.56 bits per heavy atom. The molecule has 0 bridgehead atoms. The van der Waals surface area contributed by atoms with Crippen molar-refractivity contribution in [1.82, 2.24) is 9.36 Å². The van der Waals surface area contributed by atoms with Crippen molar-refractivity contribution in [2.45, 2.75) is 6.92 Å². The van der Waals surface area contributed by atoms with Gasteiger partial charge in [-0.15, -0.1) is 0 Å². The first-order valence-corrected chi connectivity index (χ1v) is 3.06. The zero-order valence-electron chi connectivity index (χ0n) is 4.74. The summed E-state index contributed by atoms with van der Waals surface area (Å²) in [5, 5.41) is 12.7. The van der Waals surface area contributed by atoms with E-state index in [-0.39, 0.29) is 0 Å². The van der Waals surface area contributed by atoms with Crippen molar-refractivity contribution in [1.29, 1.82) is 0 Å². The fraction of sp³-hybridized carbons (Fsp3) is 0.250. The highest BCUT2D eigenvalue weighted by molar-refractivity contribution is 7.07. The fourth-order valence-electron chi connectivity index (χ4n) is 0.411. The molecule has 0 saturated heterocycles. The summed E-state index contributed by atoms with van der Waals surface area (Å²) in [5.74, 6) is 0.676. The van der Waals surface area contributed by atoms with E-state index >= 15 is 0 Å². The molecule has 0 aliphatic rings. The zero-order chi connectivity index (χ0) is 6.69. The summed E-state index contributed by atoms with van der Waals surface area (Å²) in [6.45, 7) is 1.76. The lowest BCUT2D eigenvalue weighted by Crippen LogP contribution is -1.77. The topological polar surface area (TPSA) is 61.2 Å². The molecular formula is C4H4N3OS-. The van der Waals surface area contributed by atoms with Crippen LogP contribution in [0.4, 0.5) is 0 Å². The molecule has 1 aromatic heterocycles. The Balaban J connectivity index is 2.85. The lowest BCUT2D eigenvalue weighted by Gasteiger charge is -1.83. The second-order valence-corrected chi connectivity index (χ2v) is 2.20. The Hall–Kier alpha value is -0.970. The molecule has 0 fully saturated rings. The lowest BCUT2D eigenvalue weighted by molar-refractivity contribution is 1.16. The third-order valence-corrected chi connectivity index (χ3v) is 1.45. The largest absolute Gasteiger partial charge is 0.792 e. The molecule has 0 saturated carbocycles. The van der Waals surface area contributed by atoms with Crippen LogP contribution in [0.1, 0.15) is 10.8 Å². The van der Waals surface area contributed by atoms with Crippen LogP contribution in [0.25, 0.3) is 0 Å². The van der Waals surface area contributed by atoms with Gasteiger partial charge in [-0.05, 0) is 18.5 Å². The van der Waals surface area contributed by atoms with Gasteiger partial charge in [-0.3, -0.25) is 0 Å². The van der Waals surface area contributed by atoms with Gasteiger partial charge in [-0.1, -0.05) is 0 Å². The highest BCUT2D eigenvalue weighted by atomic mass is 32.1. The molecule has 0 aliphatic carbocycles. The monoisotopic (exact) mass is 142 g/mol. The van der Waals surface area contributed by atoms with Crippen molar-refractivity contribution < 1.29 is 0 Å². The lowest BCUT2D eigenvalue weighted by atomic mass is 10.7. The van der Waals surface area contributed by atoms with E-state index in [1.165, 1.54) is 0 Å². The average molecular weight is 142 g/mol. The second kappa shape index (κ2) is 2.54. The third-order valence-electron chi connectivity index (χ3n) is 0.706. The molecule has 0 spiro atoms. The molecule has 1 rings (SSSR count). The van der Waals surface area contributed by atoms with E-state index in [1.807, 2.05) is 0 Å². The Morgan fingerprint density at radius 3 is 3.00 bits per heavy atom. The summed E-state index contributed by atoms with van der Waals surface area (Å²) < 4.78 is 3.84. The molecule has 0 amide bonds. The van der Waals surface area contributed by atoms with Gasteiger partial charge in [-0.2, -0.15) is 4.37 Å². The number of aromatic nitrogens is 2. The van der Waals surface area contributed by atoms with Crippen LogP contribution >= 0.6 is 11.5 Å². The minimum atomic E-state index is 0.558. The van der Waals surface area contributed by atoms with Gasteiger partial charge in [0.15, 0.2) is 5.01 Å². The van der Waals surface area contributed by atoms with Gasteiger partial charge in [0.25, 0.3) is 0 Å². The Bertz CT molecular complexity index is 219. The molecule has 0 aromatic carbocycles. The quantitative estimate of drug-likeness (QED) is 0.429. The van der Waals surface area contributed by atoms with E-state index in [2.05, 4.69) is 14.5 Å². The highest BCUT2D eigenvalue weighted by Crippen LogP contribution is 1.98. The zero-order valence-corrected chi connectivity index (χ0v) is 5.55. The second-order valence-electron chi connectivity index (χ2n) is 1.41. The molecule has 5 heteroatoms. The van der Waals surface area contributed by atoms with Gasteiger partial charge in [0.2, 0.25) is 0 Å². The number of hydrogen-bond acceptors (Lipinski definition) is 5. The van der Waals surface area contributed by atoms with Crippen LogP contribution in [-0.2, 0) is 0 Å². The van der Waals surface area contributed by atoms with E-state index in [1.54, 1.807) is 6.92 Å². The highest BCUT2D eigenvalue weighted by Gasteiger charge is 1.92. The minimum absolute atomic E-state index is 0.558. The van der Waals surface area contributed by atoms with E-state index in [9.17, 15) is 5.21 Å². The summed E-state index contributed by atoms with van der Waals surface area (Å²) in [6.07, 6.45) is 1.14. The van der Waals surface area contributed by atoms with Crippen molar-refractivity contribution in [3.63, 3.8) is 0 Å². The van der Waals surface area contributed by atoms with Crippen molar-refractivity contribution in [2.75, 3.05) is 0 Å². The van der Waals surface area contributed by atoms with Crippen molar-refractivity contribution in [3.8, 4) is 0 Å². The van der Waals surface area contributed by atoms with E-state index in [0.29, 0.717) is 10.8 Å². The Kier molecular flexibility index (Phi) is 1.74. The van der Waals surface area contributed by atoms with Gasteiger partial charge in [0.05, 0.1) is 6.21 Å². The summed E-state index contributed by atoms with van der Waals surface area (Å²) in [7, 11) is 0. The van der Waals surface area contributed by atoms with Gasteiger partial charge < -0.3 is 10.4 Å². The number of rotatable bonds is 1. The third kappa shape index (κ3) is 1.46. The fourth-order valence-corrected chi connectivity index (χ4v) is 0.940. The van der Waals surface area contributed by atoms with Crippen LogP contribution in [-0.4, -0.2) is 15.6 Å². The molecule has 9 heavy (non-hydrogen) atoms. The Morgan fingerprint density at radius 1 is 1.78 bits per heavy atom. The molecule has 0 unspecified atom stereocenters. The maximum atomic E-state index is 9.62. The normalized spacial score (nSPS) is 10.8. The summed E-state index contributed by atoms with van der Waals surface area (Å²) in [5.41, 5.74) is 0. The van der Waals surface area contributed by atoms with Crippen LogP contribution in [0, 0.1) is 12.1 Å². The minimum Gasteiger partial charge on any atom is -0.792 e. The van der Waals surface area contributed by atoms with Crippen LogP contribution in [0.15, 0.2) is 5.16 Å². The molecule has 48 valence electrons. The van der Waals surface area contributed by atoms with Crippen molar-refractivity contribution in [2.24, 2.45) is 5.16 Å². The molecule has 0 aliphatic heterocycles.